The summed E-state index contributed by atoms with van der Waals surface area (Å²) in [6.45, 7) is 0.852. The van der Waals surface area contributed by atoms with Crippen LogP contribution in [0, 0.1) is 5.82 Å². The van der Waals surface area contributed by atoms with Crippen molar-refractivity contribution in [2.45, 2.75) is 24.8 Å². The molecule has 3 rings (SSSR count). The normalized spacial score (nSPS) is 21.4. The fourth-order valence-corrected chi connectivity index (χ4v) is 2.32. The maximum Gasteiger partial charge on any atom is 0.197 e. The highest BCUT2D eigenvalue weighted by Gasteiger charge is 2.39. The van der Waals surface area contributed by atoms with E-state index >= 15 is 0 Å². The summed E-state index contributed by atoms with van der Waals surface area (Å²) in [5.41, 5.74) is 6.78. The minimum atomic E-state index is -0.374. The van der Waals surface area contributed by atoms with E-state index in [1.54, 1.807) is 6.07 Å². The largest absolute Gasteiger partial charge is 0.486 e. The summed E-state index contributed by atoms with van der Waals surface area (Å²) in [5.74, 6) is 0.357. The summed E-state index contributed by atoms with van der Waals surface area (Å²) in [5, 5.41) is 0. The van der Waals surface area contributed by atoms with Crippen LogP contribution in [0.15, 0.2) is 12.1 Å². The molecule has 2 aliphatic rings. The van der Waals surface area contributed by atoms with Gasteiger partial charge in [0.05, 0.1) is 0 Å². The van der Waals surface area contributed by atoms with E-state index in [1.165, 1.54) is 6.07 Å². The molecule has 1 aliphatic carbocycles. The molecule has 0 radical (unpaired) electrons. The van der Waals surface area contributed by atoms with Gasteiger partial charge in [0.2, 0.25) is 0 Å². The molecule has 0 saturated heterocycles. The Balaban J connectivity index is 2.11. The van der Waals surface area contributed by atoms with Crippen LogP contribution in [0.2, 0.25) is 0 Å². The molecule has 1 fully saturated rings. The van der Waals surface area contributed by atoms with Gasteiger partial charge >= 0.3 is 0 Å². The number of ether oxygens (including phenoxy) is 2. The van der Waals surface area contributed by atoms with E-state index < -0.39 is 0 Å². The Morgan fingerprint density at radius 2 is 1.81 bits per heavy atom. The highest BCUT2D eigenvalue weighted by molar-refractivity contribution is 5.52. The van der Waals surface area contributed by atoms with Gasteiger partial charge < -0.3 is 15.2 Å². The number of rotatable bonds is 1. The Bertz CT molecular complexity index is 429. The van der Waals surface area contributed by atoms with E-state index in [9.17, 15) is 4.39 Å². The molecule has 16 heavy (non-hydrogen) atoms. The van der Waals surface area contributed by atoms with Crippen LogP contribution in [-0.4, -0.2) is 13.2 Å². The maximum absolute atomic E-state index is 13.5. The fraction of sp³-hybridized carbons (Fsp3) is 0.500. The Morgan fingerprint density at radius 1 is 1.12 bits per heavy atom. The van der Waals surface area contributed by atoms with Crippen LogP contribution in [-0.2, 0) is 5.54 Å². The van der Waals surface area contributed by atoms with Gasteiger partial charge in [-0.1, -0.05) is 6.07 Å². The monoisotopic (exact) mass is 223 g/mol. The summed E-state index contributed by atoms with van der Waals surface area (Å²) in [6.07, 6.45) is 2.96. The lowest BCUT2D eigenvalue weighted by atomic mass is 9.72. The SMILES string of the molecule is NC1(c2ccc(F)c3c2OCCO3)CCC1. The van der Waals surface area contributed by atoms with Crippen molar-refractivity contribution in [2.24, 2.45) is 5.73 Å². The lowest BCUT2D eigenvalue weighted by molar-refractivity contribution is 0.153. The number of hydrogen-bond acceptors (Lipinski definition) is 3. The van der Waals surface area contributed by atoms with Crippen molar-refractivity contribution in [3.8, 4) is 11.5 Å². The molecule has 1 heterocycles. The molecule has 1 saturated carbocycles. The van der Waals surface area contributed by atoms with E-state index in [0.717, 1.165) is 24.8 Å². The number of halogens is 1. The highest BCUT2D eigenvalue weighted by Crippen LogP contribution is 2.47. The van der Waals surface area contributed by atoms with Crippen molar-refractivity contribution in [1.82, 2.24) is 0 Å². The second-order valence-corrected chi connectivity index (χ2v) is 4.46. The molecular formula is C12H14FNO2. The number of benzene rings is 1. The van der Waals surface area contributed by atoms with Gasteiger partial charge in [-0.15, -0.1) is 0 Å². The Morgan fingerprint density at radius 3 is 2.44 bits per heavy atom. The summed E-state index contributed by atoms with van der Waals surface area (Å²) in [7, 11) is 0. The van der Waals surface area contributed by atoms with Crippen LogP contribution in [0.5, 0.6) is 11.5 Å². The molecule has 0 aromatic heterocycles. The highest BCUT2D eigenvalue weighted by atomic mass is 19.1. The predicted molar refractivity (Wildman–Crippen MR) is 57.1 cm³/mol. The zero-order valence-corrected chi connectivity index (χ0v) is 8.96. The smallest absolute Gasteiger partial charge is 0.197 e. The number of fused-ring (bicyclic) bond motifs is 1. The maximum atomic E-state index is 13.5. The van der Waals surface area contributed by atoms with Crippen molar-refractivity contribution >= 4 is 0 Å². The van der Waals surface area contributed by atoms with Crippen LogP contribution >= 0.6 is 0 Å². The summed E-state index contributed by atoms with van der Waals surface area (Å²) >= 11 is 0. The first-order valence-corrected chi connectivity index (χ1v) is 5.58. The molecule has 1 aromatic rings. The third kappa shape index (κ3) is 1.29. The van der Waals surface area contributed by atoms with E-state index in [1.807, 2.05) is 0 Å². The molecule has 4 heteroatoms. The van der Waals surface area contributed by atoms with Gasteiger partial charge in [0, 0.05) is 11.1 Å². The van der Waals surface area contributed by atoms with Crippen LogP contribution < -0.4 is 15.2 Å². The van der Waals surface area contributed by atoms with Crippen molar-refractivity contribution < 1.29 is 13.9 Å². The van der Waals surface area contributed by atoms with Crippen molar-refractivity contribution in [2.75, 3.05) is 13.2 Å². The van der Waals surface area contributed by atoms with Crippen molar-refractivity contribution in [1.29, 1.82) is 0 Å². The first-order valence-electron chi connectivity index (χ1n) is 5.58. The van der Waals surface area contributed by atoms with Gasteiger partial charge in [0.15, 0.2) is 17.3 Å². The van der Waals surface area contributed by atoms with Gasteiger partial charge in [-0.2, -0.15) is 0 Å². The Kier molecular flexibility index (Phi) is 2.07. The zero-order valence-electron chi connectivity index (χ0n) is 8.96. The van der Waals surface area contributed by atoms with Gasteiger partial charge in [-0.05, 0) is 25.3 Å². The third-order valence-corrected chi connectivity index (χ3v) is 3.42. The molecule has 0 unspecified atom stereocenters. The second-order valence-electron chi connectivity index (χ2n) is 4.46. The topological polar surface area (TPSA) is 44.5 Å². The van der Waals surface area contributed by atoms with E-state index in [2.05, 4.69) is 0 Å². The van der Waals surface area contributed by atoms with Crippen LogP contribution in [0.4, 0.5) is 4.39 Å². The van der Waals surface area contributed by atoms with Gasteiger partial charge in [-0.3, -0.25) is 0 Å². The minimum Gasteiger partial charge on any atom is -0.486 e. The van der Waals surface area contributed by atoms with E-state index in [4.69, 9.17) is 15.2 Å². The van der Waals surface area contributed by atoms with Crippen LogP contribution in [0.25, 0.3) is 0 Å². The summed E-state index contributed by atoms with van der Waals surface area (Å²) in [6, 6.07) is 3.14. The Hall–Kier alpha value is -1.29. The summed E-state index contributed by atoms with van der Waals surface area (Å²) < 4.78 is 24.3. The quantitative estimate of drug-likeness (QED) is 0.791. The standard InChI is InChI=1S/C12H14FNO2/c13-9-3-2-8(12(14)4-1-5-12)10-11(9)16-7-6-15-10/h2-3H,1,4-7,14H2. The van der Waals surface area contributed by atoms with Crippen LogP contribution in [0.3, 0.4) is 0 Å². The second kappa shape index (κ2) is 3.35. The number of nitrogens with two attached hydrogens (primary N) is 1. The molecule has 2 N–H and O–H groups in total. The Labute approximate surface area is 93.3 Å². The average Bonchev–Trinajstić information content (AvgIpc) is 2.27. The average molecular weight is 223 g/mol. The van der Waals surface area contributed by atoms with Crippen LogP contribution in [0.1, 0.15) is 24.8 Å². The van der Waals surface area contributed by atoms with Crippen molar-refractivity contribution in [3.05, 3.63) is 23.5 Å². The zero-order chi connectivity index (χ0) is 11.2. The van der Waals surface area contributed by atoms with Gasteiger partial charge in [-0.25, -0.2) is 4.39 Å². The molecule has 1 aromatic carbocycles. The predicted octanol–water partition coefficient (Wildman–Crippen LogP) is 1.93. The molecule has 3 nitrogen and oxygen atoms in total. The summed E-state index contributed by atoms with van der Waals surface area (Å²) in [4.78, 5) is 0. The first kappa shape index (κ1) is 9.90. The fourth-order valence-electron chi connectivity index (χ4n) is 2.32. The van der Waals surface area contributed by atoms with E-state index in [0.29, 0.717) is 19.0 Å². The van der Waals surface area contributed by atoms with Gasteiger partial charge in [0.25, 0.3) is 0 Å². The molecule has 86 valence electrons. The van der Waals surface area contributed by atoms with Crippen molar-refractivity contribution in [3.63, 3.8) is 0 Å². The van der Waals surface area contributed by atoms with Gasteiger partial charge in [0.1, 0.15) is 13.2 Å². The van der Waals surface area contributed by atoms with E-state index in [-0.39, 0.29) is 17.1 Å². The molecule has 0 spiro atoms. The molecule has 0 amide bonds. The molecule has 0 bridgehead atoms. The lowest BCUT2D eigenvalue weighted by Gasteiger charge is -2.40. The molecular weight excluding hydrogens is 209 g/mol. The molecule has 1 aliphatic heterocycles. The number of hydrogen-bond donors (Lipinski definition) is 1. The first-order chi connectivity index (χ1) is 7.71. The third-order valence-electron chi connectivity index (χ3n) is 3.42. The molecule has 0 atom stereocenters. The lowest BCUT2D eigenvalue weighted by Crippen LogP contribution is -2.44. The minimum absolute atomic E-state index is 0.223.